The first-order chi connectivity index (χ1) is 12.1. The number of carbonyl (C=O) groups is 2. The van der Waals surface area contributed by atoms with Crippen molar-refractivity contribution in [3.63, 3.8) is 0 Å². The van der Waals surface area contributed by atoms with Gasteiger partial charge in [-0.2, -0.15) is 0 Å². The summed E-state index contributed by atoms with van der Waals surface area (Å²) in [4.78, 5) is 26.2. The second-order valence-electron chi connectivity index (χ2n) is 7.14. The molecule has 8 heteroatoms. The molecular weight excluding hydrogens is 356 g/mol. The van der Waals surface area contributed by atoms with Crippen LogP contribution in [-0.4, -0.2) is 63.3 Å². The van der Waals surface area contributed by atoms with Crippen molar-refractivity contribution in [3.8, 4) is 0 Å². The molecule has 2 atom stereocenters. The lowest BCUT2D eigenvalue weighted by Gasteiger charge is -2.34. The lowest BCUT2D eigenvalue weighted by molar-refractivity contribution is -0.137. The predicted molar refractivity (Wildman–Crippen MR) is 97.1 cm³/mol. The van der Waals surface area contributed by atoms with Crippen LogP contribution in [0.2, 0.25) is 0 Å². The number of esters is 1. The predicted octanol–water partition coefficient (Wildman–Crippen LogP) is 1.60. The zero-order chi connectivity index (χ0) is 19.5. The Morgan fingerprint density at radius 1 is 1.19 bits per heavy atom. The van der Waals surface area contributed by atoms with Gasteiger partial charge in [-0.05, 0) is 36.5 Å². The van der Waals surface area contributed by atoms with E-state index in [1.165, 1.54) is 38.4 Å². The fourth-order valence-corrected chi connectivity index (χ4v) is 4.11. The largest absolute Gasteiger partial charge is 0.452 e. The highest BCUT2D eigenvalue weighted by atomic mass is 32.2. The molecular formula is C18H26N2O5S. The summed E-state index contributed by atoms with van der Waals surface area (Å²) in [7, 11) is -0.811. The summed E-state index contributed by atoms with van der Waals surface area (Å²) < 4.78 is 30.5. The number of likely N-dealkylation sites (tertiary alicyclic amines) is 1. The summed E-state index contributed by atoms with van der Waals surface area (Å²) in [5, 5.41) is 0. The number of amides is 1. The Bertz CT molecular complexity index is 766. The molecule has 1 aromatic rings. The smallest absolute Gasteiger partial charge is 0.338 e. The van der Waals surface area contributed by atoms with E-state index in [9.17, 15) is 18.0 Å². The molecule has 0 N–H and O–H groups in total. The van der Waals surface area contributed by atoms with Crippen LogP contribution in [-0.2, 0) is 19.6 Å². The standard InChI is InChI=1S/C18H26N2O5S/c1-13-8-14(2)11-20(10-13)17(21)12-25-18(22)15-6-5-7-16(9-15)26(23,24)19(3)4/h5-7,9,13-14H,8,10-12H2,1-4H3/t13-,14-/m0/s1. The van der Waals surface area contributed by atoms with Crippen molar-refractivity contribution >= 4 is 21.9 Å². The molecule has 1 aliphatic rings. The zero-order valence-electron chi connectivity index (χ0n) is 15.6. The topological polar surface area (TPSA) is 84.0 Å². The van der Waals surface area contributed by atoms with Crippen LogP contribution < -0.4 is 0 Å². The number of sulfonamides is 1. The molecule has 144 valence electrons. The van der Waals surface area contributed by atoms with Gasteiger partial charge < -0.3 is 9.64 Å². The molecule has 0 saturated carbocycles. The second kappa shape index (κ2) is 8.18. The minimum Gasteiger partial charge on any atom is -0.452 e. The van der Waals surface area contributed by atoms with E-state index in [1.807, 2.05) is 0 Å². The second-order valence-corrected chi connectivity index (χ2v) is 9.29. The Balaban J connectivity index is 2.01. The van der Waals surface area contributed by atoms with Crippen LogP contribution >= 0.6 is 0 Å². The molecule has 2 rings (SSSR count). The number of benzene rings is 1. The van der Waals surface area contributed by atoms with Gasteiger partial charge >= 0.3 is 5.97 Å². The summed E-state index contributed by atoms with van der Waals surface area (Å²) in [6.07, 6.45) is 1.08. The molecule has 1 aromatic carbocycles. The molecule has 0 unspecified atom stereocenters. The molecule has 26 heavy (non-hydrogen) atoms. The van der Waals surface area contributed by atoms with Crippen LogP contribution in [0.25, 0.3) is 0 Å². The van der Waals surface area contributed by atoms with Crippen LogP contribution in [0.15, 0.2) is 29.2 Å². The Morgan fingerprint density at radius 2 is 1.81 bits per heavy atom. The van der Waals surface area contributed by atoms with Crippen molar-refractivity contribution in [3.05, 3.63) is 29.8 Å². The van der Waals surface area contributed by atoms with E-state index in [0.29, 0.717) is 24.9 Å². The molecule has 7 nitrogen and oxygen atoms in total. The Hall–Kier alpha value is -1.93. The van der Waals surface area contributed by atoms with Gasteiger partial charge in [0.15, 0.2) is 6.61 Å². The minimum atomic E-state index is -3.64. The van der Waals surface area contributed by atoms with Gasteiger partial charge in [0.25, 0.3) is 5.91 Å². The minimum absolute atomic E-state index is 0.00181. The number of hydrogen-bond donors (Lipinski definition) is 0. The average molecular weight is 382 g/mol. The van der Waals surface area contributed by atoms with Gasteiger partial charge in [-0.1, -0.05) is 19.9 Å². The number of rotatable bonds is 5. The van der Waals surface area contributed by atoms with E-state index in [2.05, 4.69) is 13.8 Å². The summed E-state index contributed by atoms with van der Waals surface area (Å²) >= 11 is 0. The van der Waals surface area contributed by atoms with Crippen molar-refractivity contribution < 1.29 is 22.7 Å². The monoisotopic (exact) mass is 382 g/mol. The van der Waals surface area contributed by atoms with Gasteiger partial charge in [-0.3, -0.25) is 4.79 Å². The maximum Gasteiger partial charge on any atom is 0.338 e. The third-order valence-electron chi connectivity index (χ3n) is 4.40. The Kier molecular flexibility index (Phi) is 6.41. The Labute approximate surface area is 155 Å². The lowest BCUT2D eigenvalue weighted by Crippen LogP contribution is -2.44. The third kappa shape index (κ3) is 4.82. The van der Waals surface area contributed by atoms with Crippen molar-refractivity contribution in [1.29, 1.82) is 0 Å². The van der Waals surface area contributed by atoms with Gasteiger partial charge in [0.1, 0.15) is 0 Å². The number of hydrogen-bond acceptors (Lipinski definition) is 5. The number of carbonyl (C=O) groups excluding carboxylic acids is 2. The van der Waals surface area contributed by atoms with E-state index >= 15 is 0 Å². The highest BCUT2D eigenvalue weighted by molar-refractivity contribution is 7.89. The van der Waals surface area contributed by atoms with Gasteiger partial charge in [0, 0.05) is 27.2 Å². The quantitative estimate of drug-likeness (QED) is 0.722. The van der Waals surface area contributed by atoms with E-state index in [0.717, 1.165) is 10.7 Å². The van der Waals surface area contributed by atoms with Crippen molar-refractivity contribution in [1.82, 2.24) is 9.21 Å². The molecule has 1 aliphatic heterocycles. The van der Waals surface area contributed by atoms with Crippen molar-refractivity contribution in [2.24, 2.45) is 11.8 Å². The fraction of sp³-hybridized carbons (Fsp3) is 0.556. The third-order valence-corrected chi connectivity index (χ3v) is 6.21. The summed E-state index contributed by atoms with van der Waals surface area (Å²) in [6.45, 7) is 5.18. The summed E-state index contributed by atoms with van der Waals surface area (Å²) in [6, 6.07) is 5.61. The van der Waals surface area contributed by atoms with Crippen molar-refractivity contribution in [2.75, 3.05) is 33.8 Å². The molecule has 0 bridgehead atoms. The summed E-state index contributed by atoms with van der Waals surface area (Å²) in [5.74, 6) is -0.0984. The van der Waals surface area contributed by atoms with E-state index in [4.69, 9.17) is 4.74 Å². The molecule has 0 aromatic heterocycles. The summed E-state index contributed by atoms with van der Waals surface area (Å²) in [5.41, 5.74) is 0.0982. The van der Waals surface area contributed by atoms with Crippen molar-refractivity contribution in [2.45, 2.75) is 25.2 Å². The lowest BCUT2D eigenvalue weighted by atomic mass is 9.92. The highest BCUT2D eigenvalue weighted by Crippen LogP contribution is 2.21. The molecule has 0 spiro atoms. The zero-order valence-corrected chi connectivity index (χ0v) is 16.5. The molecule has 1 amide bonds. The highest BCUT2D eigenvalue weighted by Gasteiger charge is 2.26. The van der Waals surface area contributed by atoms with Gasteiger partial charge in [0.05, 0.1) is 10.5 Å². The fourth-order valence-electron chi connectivity index (χ4n) is 3.16. The number of ether oxygens (including phenoxy) is 1. The number of nitrogens with zero attached hydrogens (tertiary/aromatic N) is 2. The first kappa shape index (κ1) is 20.4. The maximum absolute atomic E-state index is 12.3. The van der Waals surface area contributed by atoms with Crippen LogP contribution in [0, 0.1) is 11.8 Å². The van der Waals surface area contributed by atoms with Gasteiger partial charge in [-0.25, -0.2) is 17.5 Å². The SMILES string of the molecule is C[C@H]1C[C@H](C)CN(C(=O)COC(=O)c2cccc(S(=O)(=O)N(C)C)c2)C1. The van der Waals surface area contributed by atoms with Crippen LogP contribution in [0.3, 0.4) is 0 Å². The van der Waals surface area contributed by atoms with Crippen LogP contribution in [0.5, 0.6) is 0 Å². The van der Waals surface area contributed by atoms with Gasteiger partial charge in [-0.15, -0.1) is 0 Å². The molecule has 1 fully saturated rings. The first-order valence-electron chi connectivity index (χ1n) is 8.58. The average Bonchev–Trinajstić information content (AvgIpc) is 2.58. The first-order valence-corrected chi connectivity index (χ1v) is 10.0. The molecule has 0 radical (unpaired) electrons. The number of piperidine rings is 1. The van der Waals surface area contributed by atoms with E-state index in [1.54, 1.807) is 4.90 Å². The normalized spacial score (nSPS) is 20.9. The van der Waals surface area contributed by atoms with E-state index in [-0.39, 0.29) is 23.0 Å². The molecule has 1 saturated heterocycles. The maximum atomic E-state index is 12.3. The van der Waals surface area contributed by atoms with Crippen LogP contribution in [0.1, 0.15) is 30.6 Å². The van der Waals surface area contributed by atoms with Gasteiger partial charge in [0.2, 0.25) is 10.0 Å². The van der Waals surface area contributed by atoms with E-state index < -0.39 is 16.0 Å². The van der Waals surface area contributed by atoms with Crippen LogP contribution in [0.4, 0.5) is 0 Å². The molecule has 1 heterocycles. The molecule has 0 aliphatic carbocycles. The Morgan fingerprint density at radius 3 is 2.38 bits per heavy atom.